The highest BCUT2D eigenvalue weighted by Crippen LogP contribution is 2.47. The minimum atomic E-state index is -0.270. The lowest BCUT2D eigenvalue weighted by molar-refractivity contribution is 0.127. The Bertz CT molecular complexity index is 2330. The molecule has 274 valence electrons. The Morgan fingerprint density at radius 1 is 1.04 bits per heavy atom. The van der Waals surface area contributed by atoms with E-state index in [1.807, 2.05) is 49.4 Å². The maximum Gasteiger partial charge on any atom is 0.317 e. The van der Waals surface area contributed by atoms with E-state index < -0.39 is 0 Å². The second-order valence-electron chi connectivity index (χ2n) is 14.1. The van der Waals surface area contributed by atoms with Crippen LogP contribution in [0.5, 0.6) is 5.88 Å². The number of hydrogen-bond donors (Lipinski definition) is 3. The molecule has 2 saturated heterocycles. The Morgan fingerprint density at radius 3 is 2.57 bits per heavy atom. The Kier molecular flexibility index (Phi) is 9.26. The lowest BCUT2D eigenvalue weighted by Crippen LogP contribution is -2.61. The van der Waals surface area contributed by atoms with Crippen LogP contribution in [0.25, 0.3) is 33.2 Å². The van der Waals surface area contributed by atoms with Gasteiger partial charge >= 0.3 is 6.03 Å². The fourth-order valence-corrected chi connectivity index (χ4v) is 8.85. The second kappa shape index (κ2) is 13.9. The molecular formula is C39H40Cl2N8O4. The van der Waals surface area contributed by atoms with Gasteiger partial charge in [-0.15, -0.1) is 0 Å². The van der Waals surface area contributed by atoms with Crippen molar-refractivity contribution in [3.63, 3.8) is 0 Å². The number of halogens is 2. The van der Waals surface area contributed by atoms with Crippen LogP contribution in [0, 0.1) is 6.92 Å². The average Bonchev–Trinajstić information content (AvgIpc) is 3.76. The number of aromatic nitrogens is 4. The van der Waals surface area contributed by atoms with Crippen molar-refractivity contribution in [1.82, 2.24) is 34.9 Å². The van der Waals surface area contributed by atoms with Crippen molar-refractivity contribution in [2.45, 2.75) is 44.2 Å². The number of amides is 2. The summed E-state index contributed by atoms with van der Waals surface area (Å²) in [6, 6.07) is 15.4. The van der Waals surface area contributed by atoms with Crippen LogP contribution in [0.3, 0.4) is 0 Å². The first kappa shape index (κ1) is 35.3. The van der Waals surface area contributed by atoms with Crippen molar-refractivity contribution in [1.29, 1.82) is 0 Å². The molecule has 2 unspecified atom stereocenters. The molecule has 3 aromatic heterocycles. The number of likely N-dealkylation sites (tertiary alicyclic amines) is 1. The topological polar surface area (TPSA) is 138 Å². The summed E-state index contributed by atoms with van der Waals surface area (Å²) in [5.41, 5.74) is 5.93. The number of urea groups is 1. The fraction of sp³-hybridized carbons (Fsp3) is 0.359. The summed E-state index contributed by atoms with van der Waals surface area (Å²) in [6.45, 7) is 4.43. The first-order chi connectivity index (χ1) is 25.6. The Labute approximate surface area is 316 Å². The maximum atomic E-state index is 13.1. The van der Waals surface area contributed by atoms with Gasteiger partial charge in [0.1, 0.15) is 5.82 Å². The highest BCUT2D eigenvalue weighted by molar-refractivity contribution is 6.39. The molecule has 8 rings (SSSR count). The number of benzene rings is 2. The quantitative estimate of drug-likeness (QED) is 0.168. The normalized spacial score (nSPS) is 19.9. The molecule has 1 aliphatic carbocycles. The molecule has 5 heterocycles. The Morgan fingerprint density at radius 2 is 1.79 bits per heavy atom. The first-order valence-corrected chi connectivity index (χ1v) is 18.5. The molecule has 0 bridgehead atoms. The first-order valence-electron chi connectivity index (χ1n) is 17.8. The molecule has 2 fully saturated rings. The van der Waals surface area contributed by atoms with Crippen LogP contribution in [-0.2, 0) is 13.5 Å². The molecule has 12 nitrogen and oxygen atoms in total. The number of β-amino-alcohol motifs (C(OH)–C–C–N with tert-alkyl or cyclic N) is 1. The number of nitrogens with one attached hydrogen (secondary N) is 2. The van der Waals surface area contributed by atoms with Crippen molar-refractivity contribution in [2.24, 2.45) is 7.05 Å². The van der Waals surface area contributed by atoms with Gasteiger partial charge in [-0.25, -0.2) is 19.4 Å². The van der Waals surface area contributed by atoms with Gasteiger partial charge in [0.05, 0.1) is 52.3 Å². The molecule has 1 spiro atoms. The summed E-state index contributed by atoms with van der Waals surface area (Å²) in [7, 11) is 3.26. The van der Waals surface area contributed by atoms with Crippen LogP contribution >= 0.6 is 23.2 Å². The molecule has 53 heavy (non-hydrogen) atoms. The number of fused-ring (bicyclic) bond motifs is 2. The number of carbonyl (C=O) groups excluding carboxylic acids is 1. The molecule has 2 amide bonds. The molecule has 2 aromatic carbocycles. The SMILES string of the molecule is COc1nc(-c2cccc(-c3cccc(Nc4nc(C)cc5cnn(C)c(=O)c45)c3Cl)c2Cl)cc2c1C(N1CCC3(CCN(CCO)C(=O)N3)C1)CC2. The number of methoxy groups -OCH3 is 1. The van der Waals surface area contributed by atoms with E-state index in [2.05, 4.69) is 31.7 Å². The average molecular weight is 756 g/mol. The summed E-state index contributed by atoms with van der Waals surface area (Å²) < 4.78 is 7.24. The van der Waals surface area contributed by atoms with Gasteiger partial charge in [-0.2, -0.15) is 5.10 Å². The summed E-state index contributed by atoms with van der Waals surface area (Å²) in [4.78, 5) is 39.7. The minimum Gasteiger partial charge on any atom is -0.481 e. The van der Waals surface area contributed by atoms with Gasteiger partial charge in [0.25, 0.3) is 5.56 Å². The van der Waals surface area contributed by atoms with E-state index >= 15 is 0 Å². The lowest BCUT2D eigenvalue weighted by Gasteiger charge is -2.40. The van der Waals surface area contributed by atoms with Gasteiger partial charge in [0.15, 0.2) is 0 Å². The molecule has 0 saturated carbocycles. The van der Waals surface area contributed by atoms with Gasteiger partial charge in [-0.1, -0.05) is 53.5 Å². The number of aliphatic hydroxyl groups excluding tert-OH is 1. The van der Waals surface area contributed by atoms with Crippen LogP contribution < -0.4 is 20.9 Å². The third-order valence-electron chi connectivity index (χ3n) is 10.9. The number of anilines is 2. The Hall–Kier alpha value is -4.75. The van der Waals surface area contributed by atoms with Crippen LogP contribution in [0.4, 0.5) is 16.3 Å². The van der Waals surface area contributed by atoms with Crippen molar-refractivity contribution < 1.29 is 14.6 Å². The van der Waals surface area contributed by atoms with Crippen LogP contribution in [0.15, 0.2) is 59.5 Å². The van der Waals surface area contributed by atoms with Crippen molar-refractivity contribution in [3.05, 3.63) is 91.9 Å². The number of aliphatic hydroxyl groups is 1. The minimum absolute atomic E-state index is 0.0407. The number of pyridine rings is 2. The molecule has 5 aromatic rings. The Balaban J connectivity index is 1.09. The number of carbonyl (C=O) groups is 1. The molecule has 2 aliphatic heterocycles. The number of ether oxygens (including phenoxy) is 1. The summed E-state index contributed by atoms with van der Waals surface area (Å²) in [5, 5.41) is 22.1. The summed E-state index contributed by atoms with van der Waals surface area (Å²) >= 11 is 14.3. The zero-order valence-corrected chi connectivity index (χ0v) is 31.3. The molecule has 0 radical (unpaired) electrons. The predicted molar refractivity (Wildman–Crippen MR) is 206 cm³/mol. The van der Waals surface area contributed by atoms with Gasteiger partial charge < -0.3 is 25.4 Å². The molecular weight excluding hydrogens is 715 g/mol. The monoisotopic (exact) mass is 754 g/mol. The van der Waals surface area contributed by atoms with Gasteiger partial charge in [-0.3, -0.25) is 9.69 Å². The van der Waals surface area contributed by atoms with E-state index in [0.29, 0.717) is 62.5 Å². The van der Waals surface area contributed by atoms with Gasteiger partial charge in [-0.05, 0) is 56.4 Å². The number of rotatable bonds is 8. The van der Waals surface area contributed by atoms with Crippen molar-refractivity contribution in [3.8, 4) is 28.3 Å². The molecule has 3 N–H and O–H groups in total. The van der Waals surface area contributed by atoms with Crippen LogP contribution in [0.1, 0.15) is 42.1 Å². The van der Waals surface area contributed by atoms with Crippen LogP contribution in [0.2, 0.25) is 10.0 Å². The number of aryl methyl sites for hydroxylation is 3. The van der Waals surface area contributed by atoms with E-state index in [-0.39, 0.29) is 29.8 Å². The molecule has 14 heteroatoms. The highest BCUT2D eigenvalue weighted by Gasteiger charge is 2.46. The van der Waals surface area contributed by atoms with Crippen molar-refractivity contribution >= 4 is 51.5 Å². The van der Waals surface area contributed by atoms with Crippen LogP contribution in [-0.4, -0.2) is 86.1 Å². The van der Waals surface area contributed by atoms with E-state index in [1.54, 1.807) is 25.3 Å². The van der Waals surface area contributed by atoms with Crippen molar-refractivity contribution in [2.75, 3.05) is 45.2 Å². The fourth-order valence-electron chi connectivity index (χ4n) is 8.25. The predicted octanol–water partition coefficient (Wildman–Crippen LogP) is 6.26. The third kappa shape index (κ3) is 6.27. The van der Waals surface area contributed by atoms with Gasteiger partial charge in [0, 0.05) is 72.6 Å². The zero-order chi connectivity index (χ0) is 37.0. The third-order valence-corrected chi connectivity index (χ3v) is 11.7. The number of hydrogen-bond acceptors (Lipinski definition) is 9. The summed E-state index contributed by atoms with van der Waals surface area (Å²) in [6.07, 6.45) is 5.16. The zero-order valence-electron chi connectivity index (χ0n) is 29.7. The smallest absolute Gasteiger partial charge is 0.317 e. The standard InChI is InChI=1S/C39H40Cl2N8O4/c1-22-18-24-20-42-47(2)37(51)32(24)35(43-22)44-28-9-5-7-26(34(28)41)25-6-4-8-27(33(25)40)29-19-23-10-11-30(31(23)36(45-29)53-3)49-15-13-39(21-49)12-14-48(16-17-50)38(52)46-39/h4-9,18-20,30,50H,10-17,21H2,1-3H3,(H,43,44)(H,46,52). The van der Waals surface area contributed by atoms with E-state index in [9.17, 15) is 14.7 Å². The second-order valence-corrected chi connectivity index (χ2v) is 14.9. The van der Waals surface area contributed by atoms with E-state index in [4.69, 9.17) is 32.9 Å². The largest absolute Gasteiger partial charge is 0.481 e. The maximum absolute atomic E-state index is 13.1. The molecule has 2 atom stereocenters. The lowest BCUT2D eigenvalue weighted by atomic mass is 9.92. The number of nitrogens with zero attached hydrogens (tertiary/aromatic N) is 6. The molecule has 3 aliphatic rings. The summed E-state index contributed by atoms with van der Waals surface area (Å²) in [5.74, 6) is 0.972. The van der Waals surface area contributed by atoms with E-state index in [1.165, 1.54) is 10.2 Å². The van der Waals surface area contributed by atoms with E-state index in [0.717, 1.165) is 61.2 Å². The van der Waals surface area contributed by atoms with Gasteiger partial charge in [0.2, 0.25) is 5.88 Å². The highest BCUT2D eigenvalue weighted by atomic mass is 35.5.